The summed E-state index contributed by atoms with van der Waals surface area (Å²) in [5, 5.41) is 7.46. The largest absolute Gasteiger partial charge is 0.497 e. The molecule has 1 aliphatic carbocycles. The molecule has 1 aromatic carbocycles. The summed E-state index contributed by atoms with van der Waals surface area (Å²) in [7, 11) is 1.66. The molecule has 1 saturated heterocycles. The van der Waals surface area contributed by atoms with Crippen molar-refractivity contribution in [2.24, 2.45) is 5.41 Å². The van der Waals surface area contributed by atoms with Gasteiger partial charge in [0.1, 0.15) is 12.4 Å². The molecule has 2 heterocycles. The molecule has 7 heteroatoms. The number of hydrogen-bond acceptors (Lipinski definition) is 6. The fourth-order valence-corrected chi connectivity index (χ4v) is 3.42. The highest BCUT2D eigenvalue weighted by atomic mass is 35.5. The molecule has 0 amide bonds. The highest BCUT2D eigenvalue weighted by Crippen LogP contribution is 2.62. The maximum absolute atomic E-state index is 5.68. The first-order valence-electron chi connectivity index (χ1n) is 8.03. The van der Waals surface area contributed by atoms with Crippen LogP contribution in [0.2, 0.25) is 0 Å². The maximum atomic E-state index is 5.68. The zero-order chi connectivity index (χ0) is 15.7. The van der Waals surface area contributed by atoms with Gasteiger partial charge in [0.25, 0.3) is 0 Å². The number of nitrogens with zero attached hydrogens (tertiary/aromatic N) is 2. The van der Waals surface area contributed by atoms with Crippen LogP contribution in [0.1, 0.15) is 36.0 Å². The van der Waals surface area contributed by atoms with Crippen LogP contribution in [-0.4, -0.2) is 30.3 Å². The van der Waals surface area contributed by atoms with Crippen LogP contribution in [0.3, 0.4) is 0 Å². The van der Waals surface area contributed by atoms with Gasteiger partial charge in [0.15, 0.2) is 5.82 Å². The van der Waals surface area contributed by atoms with Crippen molar-refractivity contribution < 1.29 is 14.0 Å². The van der Waals surface area contributed by atoms with Gasteiger partial charge in [-0.2, -0.15) is 4.98 Å². The molecule has 2 aromatic rings. The lowest BCUT2D eigenvalue weighted by atomic mass is 10.0. The Labute approximate surface area is 147 Å². The van der Waals surface area contributed by atoms with E-state index in [4.69, 9.17) is 14.0 Å². The van der Waals surface area contributed by atoms with Crippen molar-refractivity contribution in [1.29, 1.82) is 0 Å². The highest BCUT2D eigenvalue weighted by molar-refractivity contribution is 5.85. The highest BCUT2D eigenvalue weighted by Gasteiger charge is 2.58. The van der Waals surface area contributed by atoms with Gasteiger partial charge in [-0.3, -0.25) is 0 Å². The molecule has 130 valence electrons. The van der Waals surface area contributed by atoms with Crippen LogP contribution in [0.5, 0.6) is 5.75 Å². The Bertz CT molecular complexity index is 685. The van der Waals surface area contributed by atoms with E-state index in [1.165, 1.54) is 6.42 Å². The Morgan fingerprint density at radius 1 is 1.38 bits per heavy atom. The summed E-state index contributed by atoms with van der Waals surface area (Å²) in [6.07, 6.45) is 2.37. The molecule has 1 N–H and O–H groups in total. The zero-order valence-electron chi connectivity index (χ0n) is 13.7. The minimum Gasteiger partial charge on any atom is -0.497 e. The van der Waals surface area contributed by atoms with Gasteiger partial charge in [0.2, 0.25) is 5.89 Å². The molecule has 0 bridgehead atoms. The molecular weight excluding hydrogens is 330 g/mol. The van der Waals surface area contributed by atoms with Gasteiger partial charge >= 0.3 is 0 Å². The number of ether oxygens (including phenoxy) is 2. The Balaban J connectivity index is 0.00000169. The summed E-state index contributed by atoms with van der Waals surface area (Å²) in [5.41, 5.74) is 1.44. The molecule has 0 radical (unpaired) electrons. The minimum atomic E-state index is 0. The van der Waals surface area contributed by atoms with E-state index in [2.05, 4.69) is 15.5 Å². The van der Waals surface area contributed by atoms with Gasteiger partial charge < -0.3 is 19.3 Å². The fraction of sp³-hybridized carbons (Fsp3) is 0.529. The second-order valence-electron chi connectivity index (χ2n) is 6.44. The third kappa shape index (κ3) is 3.41. The van der Waals surface area contributed by atoms with Crippen molar-refractivity contribution in [3.8, 4) is 5.75 Å². The van der Waals surface area contributed by atoms with E-state index in [1.54, 1.807) is 7.11 Å². The molecule has 2 aliphatic rings. The fourth-order valence-electron chi connectivity index (χ4n) is 3.42. The quantitative estimate of drug-likeness (QED) is 0.863. The van der Waals surface area contributed by atoms with Gasteiger partial charge in [-0.15, -0.1) is 12.4 Å². The number of methoxy groups -OCH3 is 1. The van der Waals surface area contributed by atoms with Gasteiger partial charge in [0, 0.05) is 12.5 Å². The van der Waals surface area contributed by atoms with E-state index in [-0.39, 0.29) is 12.4 Å². The summed E-state index contributed by atoms with van der Waals surface area (Å²) in [4.78, 5) is 4.50. The second kappa shape index (κ2) is 7.09. The van der Waals surface area contributed by atoms with E-state index >= 15 is 0 Å². The standard InChI is InChI=1S/C17H21N3O3.ClH/c1-21-13-4-2-3-12(7-13)9-22-10-15-19-16(23-20-15)14-8-17(14)5-6-18-11-17;/h2-4,7,14,18H,5-6,8-11H2,1H3;1H. The minimum absolute atomic E-state index is 0. The van der Waals surface area contributed by atoms with Gasteiger partial charge in [-0.1, -0.05) is 17.3 Å². The summed E-state index contributed by atoms with van der Waals surface area (Å²) in [5.74, 6) is 2.65. The molecule has 4 rings (SSSR count). The first kappa shape index (κ1) is 17.2. The first-order chi connectivity index (χ1) is 11.3. The molecule has 2 atom stereocenters. The van der Waals surface area contributed by atoms with Crippen molar-refractivity contribution in [2.75, 3.05) is 20.2 Å². The predicted molar refractivity (Wildman–Crippen MR) is 90.3 cm³/mol. The van der Waals surface area contributed by atoms with Crippen LogP contribution < -0.4 is 10.1 Å². The molecule has 24 heavy (non-hydrogen) atoms. The summed E-state index contributed by atoms with van der Waals surface area (Å²) >= 11 is 0. The van der Waals surface area contributed by atoms with Crippen LogP contribution in [-0.2, 0) is 18.0 Å². The number of aromatic nitrogens is 2. The predicted octanol–water partition coefficient (Wildman–Crippen LogP) is 2.68. The van der Waals surface area contributed by atoms with Crippen LogP contribution in [0, 0.1) is 5.41 Å². The molecule has 1 spiro atoms. The van der Waals surface area contributed by atoms with Crippen molar-refractivity contribution >= 4 is 12.4 Å². The van der Waals surface area contributed by atoms with E-state index < -0.39 is 0 Å². The Morgan fingerprint density at radius 2 is 2.29 bits per heavy atom. The molecule has 6 nitrogen and oxygen atoms in total. The average molecular weight is 352 g/mol. The summed E-state index contributed by atoms with van der Waals surface area (Å²) in [6, 6.07) is 7.83. The number of halogens is 1. The number of rotatable bonds is 6. The lowest BCUT2D eigenvalue weighted by Crippen LogP contribution is -2.10. The second-order valence-corrected chi connectivity index (χ2v) is 6.44. The average Bonchev–Trinajstić information content (AvgIpc) is 2.92. The van der Waals surface area contributed by atoms with E-state index in [0.29, 0.717) is 30.4 Å². The Morgan fingerprint density at radius 3 is 3.08 bits per heavy atom. The van der Waals surface area contributed by atoms with E-state index in [9.17, 15) is 0 Å². The molecule has 1 aromatic heterocycles. The molecule has 1 aliphatic heterocycles. The maximum Gasteiger partial charge on any atom is 0.230 e. The monoisotopic (exact) mass is 351 g/mol. The SMILES string of the molecule is COc1cccc(COCc2noc(C3CC34CCNC4)n2)c1.Cl. The van der Waals surface area contributed by atoms with Crippen LogP contribution in [0.25, 0.3) is 0 Å². The first-order valence-corrected chi connectivity index (χ1v) is 8.03. The smallest absolute Gasteiger partial charge is 0.230 e. The van der Waals surface area contributed by atoms with Crippen molar-refractivity contribution in [3.05, 3.63) is 41.5 Å². The van der Waals surface area contributed by atoms with Crippen LogP contribution >= 0.6 is 12.4 Å². The van der Waals surface area contributed by atoms with E-state index in [1.807, 2.05) is 24.3 Å². The third-order valence-corrected chi connectivity index (χ3v) is 4.88. The number of hydrogen-bond donors (Lipinski definition) is 1. The molecule has 2 unspecified atom stereocenters. The van der Waals surface area contributed by atoms with Crippen LogP contribution in [0.4, 0.5) is 0 Å². The molecular formula is C17H22ClN3O3. The molecule has 2 fully saturated rings. The topological polar surface area (TPSA) is 69.4 Å². The van der Waals surface area contributed by atoms with Crippen LogP contribution in [0.15, 0.2) is 28.8 Å². The normalized spacial score (nSPS) is 24.8. The number of nitrogens with one attached hydrogen (secondary N) is 1. The lowest BCUT2D eigenvalue weighted by molar-refractivity contribution is 0.0998. The van der Waals surface area contributed by atoms with Gasteiger partial charge in [0.05, 0.1) is 13.7 Å². The lowest BCUT2D eigenvalue weighted by Gasteiger charge is -2.04. The van der Waals surface area contributed by atoms with Crippen molar-refractivity contribution in [1.82, 2.24) is 15.5 Å². The van der Waals surface area contributed by atoms with Gasteiger partial charge in [-0.25, -0.2) is 0 Å². The Hall–Kier alpha value is -1.63. The number of benzene rings is 1. The van der Waals surface area contributed by atoms with Crippen molar-refractivity contribution in [3.63, 3.8) is 0 Å². The summed E-state index contributed by atoms with van der Waals surface area (Å²) < 4.78 is 16.3. The molecule has 1 saturated carbocycles. The van der Waals surface area contributed by atoms with E-state index in [0.717, 1.165) is 36.7 Å². The zero-order valence-corrected chi connectivity index (χ0v) is 14.5. The Kier molecular flexibility index (Phi) is 5.08. The van der Waals surface area contributed by atoms with Gasteiger partial charge in [-0.05, 0) is 42.5 Å². The third-order valence-electron chi connectivity index (χ3n) is 4.88. The van der Waals surface area contributed by atoms with Crippen molar-refractivity contribution in [2.45, 2.75) is 32.0 Å². The summed E-state index contributed by atoms with van der Waals surface area (Å²) in [6.45, 7) is 3.03.